The van der Waals surface area contributed by atoms with Crippen molar-refractivity contribution < 1.29 is 4.74 Å². The van der Waals surface area contributed by atoms with Crippen molar-refractivity contribution in [3.8, 4) is 16.9 Å². The van der Waals surface area contributed by atoms with Crippen LogP contribution in [0.4, 0.5) is 0 Å². The fraction of sp³-hybridized carbons (Fsp3) is 0.0909. The fourth-order valence-corrected chi connectivity index (χ4v) is 7.10. The van der Waals surface area contributed by atoms with Crippen molar-refractivity contribution in [2.75, 3.05) is 7.11 Å². The summed E-state index contributed by atoms with van der Waals surface area (Å²) < 4.78 is 5.75. The van der Waals surface area contributed by atoms with E-state index >= 15 is 0 Å². The van der Waals surface area contributed by atoms with Crippen molar-refractivity contribution in [3.05, 3.63) is 127 Å². The second-order valence-corrected chi connectivity index (χ2v) is 10.8. The highest BCUT2D eigenvalue weighted by Crippen LogP contribution is 2.42. The first-order valence-electron chi connectivity index (χ1n) is 11.9. The zero-order valence-corrected chi connectivity index (χ0v) is 21.3. The summed E-state index contributed by atoms with van der Waals surface area (Å²) in [5.41, 5.74) is 5.03. The Kier molecular flexibility index (Phi) is 6.80. The van der Waals surface area contributed by atoms with Gasteiger partial charge in [0.2, 0.25) is 0 Å². The summed E-state index contributed by atoms with van der Waals surface area (Å²) in [4.78, 5) is 0. The molecular weight excluding hydrogens is 443 g/mol. The van der Waals surface area contributed by atoms with E-state index in [1.54, 1.807) is 7.11 Å². The smallest absolute Gasteiger partial charge is 0.119 e. The molecule has 0 saturated carbocycles. The molecular formula is C33H29OP. The first kappa shape index (κ1) is 23.1. The second kappa shape index (κ2) is 10.3. The van der Waals surface area contributed by atoms with Gasteiger partial charge in [0, 0.05) is 0 Å². The first-order chi connectivity index (χ1) is 17.2. The van der Waals surface area contributed by atoms with E-state index in [1.807, 2.05) is 0 Å². The molecule has 0 aromatic heterocycles. The van der Waals surface area contributed by atoms with Gasteiger partial charge >= 0.3 is 0 Å². The predicted molar refractivity (Wildman–Crippen MR) is 154 cm³/mol. The Morgan fingerprint density at radius 1 is 0.714 bits per heavy atom. The van der Waals surface area contributed by atoms with Gasteiger partial charge in [-0.2, -0.15) is 0 Å². The van der Waals surface area contributed by atoms with Crippen molar-refractivity contribution in [1.29, 1.82) is 0 Å². The average Bonchev–Trinajstić information content (AvgIpc) is 2.93. The van der Waals surface area contributed by atoms with E-state index in [0.29, 0.717) is 0 Å². The molecule has 172 valence electrons. The van der Waals surface area contributed by atoms with Gasteiger partial charge < -0.3 is 4.74 Å². The van der Waals surface area contributed by atoms with Crippen LogP contribution in [-0.2, 0) is 0 Å². The van der Waals surface area contributed by atoms with Crippen LogP contribution in [0, 0.1) is 0 Å². The van der Waals surface area contributed by atoms with Crippen LogP contribution in [0.15, 0.2) is 121 Å². The lowest BCUT2D eigenvalue weighted by Gasteiger charge is -2.25. The van der Waals surface area contributed by atoms with E-state index in [2.05, 4.69) is 135 Å². The third-order valence-electron chi connectivity index (χ3n) is 6.53. The summed E-state index contributed by atoms with van der Waals surface area (Å²) in [6.45, 7) is 4.31. The summed E-state index contributed by atoms with van der Waals surface area (Å²) in [5.74, 6) is 0.872. The molecule has 0 spiro atoms. The Morgan fingerprint density at radius 2 is 1.34 bits per heavy atom. The quantitative estimate of drug-likeness (QED) is 0.230. The van der Waals surface area contributed by atoms with Gasteiger partial charge in [0.05, 0.1) is 7.11 Å². The van der Waals surface area contributed by atoms with Crippen LogP contribution in [0.2, 0.25) is 0 Å². The molecule has 35 heavy (non-hydrogen) atoms. The number of hydrogen-bond donors (Lipinski definition) is 0. The minimum Gasteiger partial charge on any atom is -0.497 e. The lowest BCUT2D eigenvalue weighted by atomic mass is 9.90. The predicted octanol–water partition coefficient (Wildman–Crippen LogP) is 7.70. The maximum atomic E-state index is 5.75. The number of allylic oxidation sites excluding steroid dienone is 2. The Balaban J connectivity index is 1.89. The molecule has 0 bridgehead atoms. The third kappa shape index (κ3) is 4.53. The van der Waals surface area contributed by atoms with E-state index in [9.17, 15) is 0 Å². The molecule has 0 atom stereocenters. The van der Waals surface area contributed by atoms with Crippen LogP contribution in [0.25, 0.3) is 27.5 Å². The van der Waals surface area contributed by atoms with Gasteiger partial charge in [-0.15, -0.1) is 0 Å². The number of rotatable bonds is 6. The molecule has 0 unspecified atom stereocenters. The topological polar surface area (TPSA) is 9.23 Å². The molecule has 1 nitrogen and oxygen atoms in total. The third-order valence-corrected chi connectivity index (χ3v) is 9.03. The molecule has 5 rings (SSSR count). The molecule has 5 aromatic carbocycles. The lowest BCUT2D eigenvalue weighted by molar-refractivity contribution is 0.415. The molecule has 0 amide bonds. The number of hydrogen-bond acceptors (Lipinski definition) is 1. The molecule has 2 heteroatoms. The summed E-state index contributed by atoms with van der Waals surface area (Å²) in [6, 6.07) is 41.6. The van der Waals surface area contributed by atoms with E-state index in [0.717, 1.165) is 5.75 Å². The standard InChI is InChI=1S/C33H29OP/c1-4-24(2)29-21-19-25-13-11-12-18-30(25)33(29)31-23-26(34-3)20-22-32(31)35(27-14-7-5-8-15-27)28-16-9-6-10-17-28/h4-23H,1-3H3. The second-order valence-electron chi connectivity index (χ2n) is 8.57. The number of benzene rings is 5. The lowest BCUT2D eigenvalue weighted by Crippen LogP contribution is -2.22. The number of fused-ring (bicyclic) bond motifs is 1. The Bertz CT molecular complexity index is 1450. The van der Waals surface area contributed by atoms with Crippen LogP contribution in [0.5, 0.6) is 5.75 Å². The summed E-state index contributed by atoms with van der Waals surface area (Å²) in [5, 5.41) is 6.51. The van der Waals surface area contributed by atoms with E-state index < -0.39 is 7.92 Å². The van der Waals surface area contributed by atoms with E-state index in [1.165, 1.54) is 48.9 Å². The monoisotopic (exact) mass is 472 g/mol. The Labute approximate surface area is 209 Å². The maximum Gasteiger partial charge on any atom is 0.119 e. The van der Waals surface area contributed by atoms with Gasteiger partial charge in [-0.1, -0.05) is 103 Å². The van der Waals surface area contributed by atoms with Crippen molar-refractivity contribution in [2.45, 2.75) is 13.8 Å². The van der Waals surface area contributed by atoms with Crippen LogP contribution < -0.4 is 20.7 Å². The molecule has 0 radical (unpaired) electrons. The van der Waals surface area contributed by atoms with Crippen molar-refractivity contribution in [3.63, 3.8) is 0 Å². The van der Waals surface area contributed by atoms with Crippen molar-refractivity contribution in [2.24, 2.45) is 0 Å². The first-order valence-corrected chi connectivity index (χ1v) is 13.3. The SMILES string of the molecule is CC=C(C)c1ccc2ccccc2c1-c1cc(OC)ccc1P(c1ccccc1)c1ccccc1. The van der Waals surface area contributed by atoms with Gasteiger partial charge in [0.1, 0.15) is 5.75 Å². The Morgan fingerprint density at radius 3 is 1.97 bits per heavy atom. The van der Waals surface area contributed by atoms with E-state index in [-0.39, 0.29) is 0 Å². The Hall–Kier alpha value is -3.67. The van der Waals surface area contributed by atoms with Crippen molar-refractivity contribution >= 4 is 40.2 Å². The largest absolute Gasteiger partial charge is 0.497 e. The maximum absolute atomic E-state index is 5.75. The molecule has 0 saturated heterocycles. The van der Waals surface area contributed by atoms with Crippen LogP contribution in [-0.4, -0.2) is 7.11 Å². The van der Waals surface area contributed by atoms with Crippen LogP contribution in [0.3, 0.4) is 0 Å². The van der Waals surface area contributed by atoms with Crippen molar-refractivity contribution in [1.82, 2.24) is 0 Å². The van der Waals surface area contributed by atoms with Crippen LogP contribution >= 0.6 is 7.92 Å². The highest BCUT2D eigenvalue weighted by molar-refractivity contribution is 7.80. The van der Waals surface area contributed by atoms with Gasteiger partial charge in [-0.25, -0.2) is 0 Å². The molecule has 0 heterocycles. The molecule has 0 N–H and O–H groups in total. The zero-order valence-electron chi connectivity index (χ0n) is 20.4. The zero-order chi connectivity index (χ0) is 24.2. The minimum atomic E-state index is -0.774. The molecule has 0 aliphatic rings. The molecule has 0 fully saturated rings. The fourth-order valence-electron chi connectivity index (χ4n) is 4.66. The van der Waals surface area contributed by atoms with Gasteiger partial charge in [0.15, 0.2) is 0 Å². The van der Waals surface area contributed by atoms with Gasteiger partial charge in [-0.05, 0) is 88.9 Å². The highest BCUT2D eigenvalue weighted by Gasteiger charge is 2.23. The number of methoxy groups -OCH3 is 1. The van der Waals surface area contributed by atoms with Crippen LogP contribution in [0.1, 0.15) is 19.4 Å². The minimum absolute atomic E-state index is 0.774. The highest BCUT2D eigenvalue weighted by atomic mass is 31.1. The molecule has 0 aliphatic carbocycles. The van der Waals surface area contributed by atoms with E-state index in [4.69, 9.17) is 4.74 Å². The molecule has 0 aliphatic heterocycles. The average molecular weight is 473 g/mol. The van der Waals surface area contributed by atoms with Gasteiger partial charge in [-0.3, -0.25) is 0 Å². The summed E-state index contributed by atoms with van der Waals surface area (Å²) in [6.07, 6.45) is 2.20. The normalized spacial score (nSPS) is 11.7. The van der Waals surface area contributed by atoms with Gasteiger partial charge in [0.25, 0.3) is 0 Å². The molecule has 5 aromatic rings. The summed E-state index contributed by atoms with van der Waals surface area (Å²) in [7, 11) is 0.973. The summed E-state index contributed by atoms with van der Waals surface area (Å²) >= 11 is 0. The number of ether oxygens (including phenoxy) is 1.